The second-order valence-corrected chi connectivity index (χ2v) is 7.98. The molecule has 0 fully saturated rings. The summed E-state index contributed by atoms with van der Waals surface area (Å²) in [5.41, 5.74) is 11.1. The van der Waals surface area contributed by atoms with Gasteiger partial charge in [-0.25, -0.2) is 4.99 Å². The number of aliphatic imine (C=N–C) groups is 1. The van der Waals surface area contributed by atoms with Gasteiger partial charge in [-0.3, -0.25) is 4.90 Å². The molecule has 1 aliphatic heterocycles. The van der Waals surface area contributed by atoms with Crippen LogP contribution in [0.5, 0.6) is 0 Å². The highest BCUT2D eigenvalue weighted by atomic mass is 32.1. The van der Waals surface area contributed by atoms with Crippen LogP contribution in [0.15, 0.2) is 83.2 Å². The van der Waals surface area contributed by atoms with Crippen molar-refractivity contribution in [3.8, 4) is 0 Å². The van der Waals surface area contributed by atoms with Crippen molar-refractivity contribution in [2.24, 2.45) is 10.7 Å². The summed E-state index contributed by atoms with van der Waals surface area (Å²) < 4.78 is 0. The van der Waals surface area contributed by atoms with E-state index in [0.29, 0.717) is 5.84 Å². The molecule has 4 heteroatoms. The second-order valence-electron chi connectivity index (χ2n) is 7.04. The number of nitrogens with two attached hydrogens (primary N) is 1. The summed E-state index contributed by atoms with van der Waals surface area (Å²) in [6.07, 6.45) is 4.56. The van der Waals surface area contributed by atoms with Crippen LogP contribution in [0.25, 0.3) is 5.57 Å². The molecule has 0 saturated heterocycles. The Balaban J connectivity index is 1.30. The molecule has 4 rings (SSSR count). The highest BCUT2D eigenvalue weighted by Gasteiger charge is 2.12. The van der Waals surface area contributed by atoms with Gasteiger partial charge in [-0.1, -0.05) is 54.6 Å². The largest absolute Gasteiger partial charge is 0.383 e. The zero-order valence-corrected chi connectivity index (χ0v) is 16.7. The highest BCUT2D eigenvalue weighted by molar-refractivity contribution is 7.12. The molecule has 1 aromatic heterocycles. The van der Waals surface area contributed by atoms with Crippen molar-refractivity contribution in [3.05, 3.63) is 94.2 Å². The molecule has 2 heterocycles. The molecule has 142 valence electrons. The van der Waals surface area contributed by atoms with E-state index in [-0.39, 0.29) is 0 Å². The number of hydrogen-bond acceptors (Lipinski definition) is 3. The molecular formula is C24H25N3S. The molecule has 2 aromatic carbocycles. The van der Waals surface area contributed by atoms with Gasteiger partial charge in [0.15, 0.2) is 0 Å². The lowest BCUT2D eigenvalue weighted by atomic mass is 9.99. The lowest BCUT2D eigenvalue weighted by molar-refractivity contribution is 0.306. The van der Waals surface area contributed by atoms with Gasteiger partial charge >= 0.3 is 0 Å². The minimum atomic E-state index is 0.581. The quantitative estimate of drug-likeness (QED) is 0.471. The SMILES string of the molecule is NC(=Nc1ccc(CCN2CC=C(c3ccccc3)CC2)cc1)c1cccs1. The zero-order valence-electron chi connectivity index (χ0n) is 15.9. The summed E-state index contributed by atoms with van der Waals surface area (Å²) in [7, 11) is 0. The predicted octanol–water partition coefficient (Wildman–Crippen LogP) is 5.12. The normalized spacial score (nSPS) is 15.4. The van der Waals surface area contributed by atoms with Gasteiger partial charge in [0.1, 0.15) is 5.84 Å². The molecule has 28 heavy (non-hydrogen) atoms. The fourth-order valence-electron chi connectivity index (χ4n) is 3.47. The molecule has 0 aliphatic carbocycles. The minimum absolute atomic E-state index is 0.581. The van der Waals surface area contributed by atoms with Crippen molar-refractivity contribution in [1.29, 1.82) is 0 Å². The standard InChI is InChI=1S/C24H25N3S/c25-24(23-7-4-18-28-23)26-22-10-8-19(9-11-22)12-15-27-16-13-21(14-17-27)20-5-2-1-3-6-20/h1-11,13,18H,12,14-17H2,(H2,25,26). The van der Waals surface area contributed by atoms with E-state index >= 15 is 0 Å². The summed E-state index contributed by atoms with van der Waals surface area (Å²) in [6, 6.07) is 23.1. The number of rotatable bonds is 6. The Morgan fingerprint density at radius 1 is 1.00 bits per heavy atom. The van der Waals surface area contributed by atoms with Crippen LogP contribution in [0.4, 0.5) is 5.69 Å². The molecule has 3 nitrogen and oxygen atoms in total. The molecule has 0 bridgehead atoms. The van der Waals surface area contributed by atoms with Gasteiger partial charge < -0.3 is 5.73 Å². The van der Waals surface area contributed by atoms with Gasteiger partial charge in [-0.05, 0) is 53.1 Å². The number of nitrogens with zero attached hydrogens (tertiary/aromatic N) is 2. The van der Waals surface area contributed by atoms with Gasteiger partial charge in [0, 0.05) is 19.6 Å². The Morgan fingerprint density at radius 3 is 2.50 bits per heavy atom. The van der Waals surface area contributed by atoms with Crippen molar-refractivity contribution in [3.63, 3.8) is 0 Å². The van der Waals surface area contributed by atoms with Crippen LogP contribution in [-0.2, 0) is 6.42 Å². The third-order valence-corrected chi connectivity index (χ3v) is 6.01. The monoisotopic (exact) mass is 387 g/mol. The summed E-state index contributed by atoms with van der Waals surface area (Å²) in [5, 5.41) is 2.01. The Morgan fingerprint density at radius 2 is 1.82 bits per heavy atom. The van der Waals surface area contributed by atoms with E-state index in [1.54, 1.807) is 11.3 Å². The van der Waals surface area contributed by atoms with E-state index in [1.807, 2.05) is 17.5 Å². The van der Waals surface area contributed by atoms with Crippen molar-refractivity contribution in [2.45, 2.75) is 12.8 Å². The Hall–Kier alpha value is -2.69. The molecule has 0 unspecified atom stereocenters. The lowest BCUT2D eigenvalue weighted by Gasteiger charge is -2.26. The van der Waals surface area contributed by atoms with E-state index in [0.717, 1.165) is 43.0 Å². The Bertz CT molecular complexity index is 941. The first-order valence-electron chi connectivity index (χ1n) is 9.72. The molecule has 0 radical (unpaired) electrons. The molecule has 0 atom stereocenters. The highest BCUT2D eigenvalue weighted by Crippen LogP contribution is 2.22. The summed E-state index contributed by atoms with van der Waals surface area (Å²) in [4.78, 5) is 8.05. The van der Waals surface area contributed by atoms with Crippen LogP contribution in [-0.4, -0.2) is 30.4 Å². The van der Waals surface area contributed by atoms with Gasteiger partial charge in [-0.2, -0.15) is 0 Å². The van der Waals surface area contributed by atoms with E-state index < -0.39 is 0 Å². The topological polar surface area (TPSA) is 41.6 Å². The summed E-state index contributed by atoms with van der Waals surface area (Å²) in [5.74, 6) is 0.581. The number of benzene rings is 2. The number of amidine groups is 1. The molecule has 0 amide bonds. The average molecular weight is 388 g/mol. The van der Waals surface area contributed by atoms with Crippen LogP contribution in [0.3, 0.4) is 0 Å². The summed E-state index contributed by atoms with van der Waals surface area (Å²) >= 11 is 1.61. The van der Waals surface area contributed by atoms with E-state index in [2.05, 4.69) is 70.6 Å². The number of hydrogen-bond donors (Lipinski definition) is 1. The van der Waals surface area contributed by atoms with E-state index in [9.17, 15) is 0 Å². The fourth-order valence-corrected chi connectivity index (χ4v) is 4.10. The first-order valence-corrected chi connectivity index (χ1v) is 10.6. The minimum Gasteiger partial charge on any atom is -0.383 e. The molecule has 0 saturated carbocycles. The van der Waals surface area contributed by atoms with Crippen LogP contribution < -0.4 is 5.73 Å². The molecular weight excluding hydrogens is 362 g/mol. The fraction of sp³-hybridized carbons (Fsp3) is 0.208. The predicted molar refractivity (Wildman–Crippen MR) is 120 cm³/mol. The maximum Gasteiger partial charge on any atom is 0.141 e. The molecule has 3 aromatic rings. The second kappa shape index (κ2) is 9.00. The van der Waals surface area contributed by atoms with Crippen LogP contribution in [0.2, 0.25) is 0 Å². The summed E-state index contributed by atoms with van der Waals surface area (Å²) in [6.45, 7) is 3.24. The van der Waals surface area contributed by atoms with Crippen molar-refractivity contribution in [2.75, 3.05) is 19.6 Å². The smallest absolute Gasteiger partial charge is 0.141 e. The van der Waals surface area contributed by atoms with Crippen molar-refractivity contribution >= 4 is 28.4 Å². The first kappa shape index (κ1) is 18.7. The maximum atomic E-state index is 6.07. The zero-order chi connectivity index (χ0) is 19.2. The first-order chi connectivity index (χ1) is 13.8. The van der Waals surface area contributed by atoms with E-state index in [1.165, 1.54) is 16.7 Å². The van der Waals surface area contributed by atoms with Gasteiger partial charge in [0.2, 0.25) is 0 Å². The van der Waals surface area contributed by atoms with Crippen LogP contribution in [0.1, 0.15) is 22.4 Å². The maximum absolute atomic E-state index is 6.07. The third kappa shape index (κ3) is 4.77. The van der Waals surface area contributed by atoms with E-state index in [4.69, 9.17) is 5.73 Å². The Labute approximate surface area is 170 Å². The molecule has 2 N–H and O–H groups in total. The van der Waals surface area contributed by atoms with Crippen LogP contribution >= 0.6 is 11.3 Å². The molecule has 0 spiro atoms. The third-order valence-electron chi connectivity index (χ3n) is 5.11. The molecule has 1 aliphatic rings. The van der Waals surface area contributed by atoms with Crippen LogP contribution in [0, 0.1) is 0 Å². The van der Waals surface area contributed by atoms with Crippen molar-refractivity contribution < 1.29 is 0 Å². The van der Waals surface area contributed by atoms with Gasteiger partial charge in [0.05, 0.1) is 10.6 Å². The van der Waals surface area contributed by atoms with Crippen molar-refractivity contribution in [1.82, 2.24) is 4.90 Å². The van der Waals surface area contributed by atoms with Gasteiger partial charge in [0.25, 0.3) is 0 Å². The lowest BCUT2D eigenvalue weighted by Crippen LogP contribution is -2.30. The Kier molecular flexibility index (Phi) is 6.00. The van der Waals surface area contributed by atoms with Gasteiger partial charge in [-0.15, -0.1) is 11.3 Å². The number of thiophene rings is 1. The average Bonchev–Trinajstić information content (AvgIpc) is 3.29.